The Morgan fingerprint density at radius 2 is 1.88 bits per heavy atom. The highest BCUT2D eigenvalue weighted by molar-refractivity contribution is 6.30. The molecule has 0 spiro atoms. The highest BCUT2D eigenvalue weighted by Crippen LogP contribution is 2.23. The maximum Gasteiger partial charge on any atom is 0.255 e. The molecular formula is C25H20ClFN4O. The minimum atomic E-state index is -0.287. The summed E-state index contributed by atoms with van der Waals surface area (Å²) in [5.74, 6) is 0.275. The van der Waals surface area contributed by atoms with Crippen LogP contribution in [0.3, 0.4) is 0 Å². The van der Waals surface area contributed by atoms with Gasteiger partial charge in [-0.15, -0.1) is 0 Å². The zero-order chi connectivity index (χ0) is 22.1. The molecule has 5 nitrogen and oxygen atoms in total. The third kappa shape index (κ3) is 4.20. The Balaban J connectivity index is 1.32. The number of fused-ring (bicyclic) bond motifs is 1. The van der Waals surface area contributed by atoms with Gasteiger partial charge < -0.3 is 4.98 Å². The summed E-state index contributed by atoms with van der Waals surface area (Å²) in [6, 6.07) is 17.7. The lowest BCUT2D eigenvalue weighted by Gasteiger charge is -2.27. The third-order valence-electron chi connectivity index (χ3n) is 5.65. The Morgan fingerprint density at radius 3 is 2.62 bits per heavy atom. The van der Waals surface area contributed by atoms with Gasteiger partial charge in [0.1, 0.15) is 11.6 Å². The number of H-pyrrole nitrogens is 1. The molecular weight excluding hydrogens is 427 g/mol. The van der Waals surface area contributed by atoms with Gasteiger partial charge in [0, 0.05) is 48.4 Å². The Hall–Kier alpha value is -3.35. The summed E-state index contributed by atoms with van der Waals surface area (Å²) in [7, 11) is 0. The average Bonchev–Trinajstić information content (AvgIpc) is 2.81. The summed E-state index contributed by atoms with van der Waals surface area (Å²) in [6.45, 7) is 1.97. The van der Waals surface area contributed by atoms with Crippen molar-refractivity contribution in [3.8, 4) is 22.6 Å². The zero-order valence-corrected chi connectivity index (χ0v) is 17.9. The zero-order valence-electron chi connectivity index (χ0n) is 17.2. The first-order chi connectivity index (χ1) is 15.6. The molecule has 0 fully saturated rings. The van der Waals surface area contributed by atoms with E-state index in [1.165, 1.54) is 6.07 Å². The molecule has 0 amide bonds. The largest absolute Gasteiger partial charge is 0.306 e. The van der Waals surface area contributed by atoms with Crippen LogP contribution in [-0.2, 0) is 19.5 Å². The topological polar surface area (TPSA) is 61.9 Å². The van der Waals surface area contributed by atoms with Gasteiger partial charge in [0.15, 0.2) is 0 Å². The third-order valence-corrected chi connectivity index (χ3v) is 5.90. The fourth-order valence-corrected chi connectivity index (χ4v) is 4.09. The van der Waals surface area contributed by atoms with Crippen molar-refractivity contribution in [2.45, 2.75) is 19.5 Å². The van der Waals surface area contributed by atoms with E-state index in [0.29, 0.717) is 47.2 Å². The number of aromatic amines is 1. The van der Waals surface area contributed by atoms with Crippen LogP contribution < -0.4 is 5.56 Å². The maximum absolute atomic E-state index is 14.0. The van der Waals surface area contributed by atoms with Crippen LogP contribution in [0.15, 0.2) is 71.7 Å². The molecule has 0 bridgehead atoms. The number of aromatic nitrogens is 3. The molecule has 0 saturated carbocycles. The summed E-state index contributed by atoms with van der Waals surface area (Å²) in [5.41, 5.74) is 4.35. The van der Waals surface area contributed by atoms with Crippen LogP contribution in [0, 0.1) is 5.82 Å². The fourth-order valence-electron chi connectivity index (χ4n) is 3.96. The van der Waals surface area contributed by atoms with Crippen LogP contribution >= 0.6 is 11.6 Å². The van der Waals surface area contributed by atoms with E-state index in [-0.39, 0.29) is 11.4 Å². The SMILES string of the molecule is O=c1[nH]c(-c2ccc(Cl)cc2)nc2c1CN(Cc1ccc(-c3ccccc3F)nc1)CC2. The molecule has 1 aliphatic heterocycles. The molecule has 0 unspecified atom stereocenters. The number of rotatable bonds is 4. The summed E-state index contributed by atoms with van der Waals surface area (Å²) < 4.78 is 14.0. The van der Waals surface area contributed by atoms with Crippen LogP contribution in [0.5, 0.6) is 0 Å². The van der Waals surface area contributed by atoms with Gasteiger partial charge in [0.25, 0.3) is 5.56 Å². The molecule has 2 aromatic heterocycles. The van der Waals surface area contributed by atoms with E-state index < -0.39 is 0 Å². The summed E-state index contributed by atoms with van der Waals surface area (Å²) in [5, 5.41) is 0.640. The minimum absolute atomic E-state index is 0.113. The summed E-state index contributed by atoms with van der Waals surface area (Å²) in [6.07, 6.45) is 2.46. The van der Waals surface area contributed by atoms with E-state index in [9.17, 15) is 9.18 Å². The molecule has 4 aromatic rings. The molecule has 0 aliphatic carbocycles. The molecule has 5 rings (SSSR count). The fraction of sp³-hybridized carbons (Fsp3) is 0.160. The quantitative estimate of drug-likeness (QED) is 0.486. The first-order valence-electron chi connectivity index (χ1n) is 10.4. The Morgan fingerprint density at radius 1 is 1.06 bits per heavy atom. The molecule has 1 N–H and O–H groups in total. The van der Waals surface area contributed by atoms with Crippen LogP contribution in [0.4, 0.5) is 4.39 Å². The lowest BCUT2D eigenvalue weighted by Crippen LogP contribution is -2.35. The minimum Gasteiger partial charge on any atom is -0.306 e. The van der Waals surface area contributed by atoms with Crippen LogP contribution in [-0.4, -0.2) is 26.4 Å². The number of nitrogens with one attached hydrogen (secondary N) is 1. The molecule has 160 valence electrons. The van der Waals surface area contributed by atoms with Gasteiger partial charge in [0.05, 0.1) is 17.0 Å². The Labute approximate surface area is 189 Å². The number of hydrogen-bond donors (Lipinski definition) is 1. The normalized spacial score (nSPS) is 13.7. The van der Waals surface area contributed by atoms with Crippen LogP contribution in [0.2, 0.25) is 5.02 Å². The standard InChI is InChI=1S/C25H20ClFN4O/c26-18-8-6-17(7-9-18)24-29-23-11-12-31(15-20(23)25(32)30-24)14-16-5-10-22(28-13-16)19-3-1-2-4-21(19)27/h1-10,13H,11-12,14-15H2,(H,29,30,32). The summed E-state index contributed by atoms with van der Waals surface area (Å²) >= 11 is 5.96. The van der Waals surface area contributed by atoms with Gasteiger partial charge in [-0.3, -0.25) is 14.7 Å². The number of pyridine rings is 1. The van der Waals surface area contributed by atoms with Gasteiger partial charge in [0.2, 0.25) is 0 Å². The lowest BCUT2D eigenvalue weighted by molar-refractivity contribution is 0.241. The van der Waals surface area contributed by atoms with E-state index in [4.69, 9.17) is 16.6 Å². The molecule has 0 radical (unpaired) electrons. The second-order valence-corrected chi connectivity index (χ2v) is 8.28. The van der Waals surface area contributed by atoms with Gasteiger partial charge in [-0.1, -0.05) is 29.8 Å². The first-order valence-corrected chi connectivity index (χ1v) is 10.7. The predicted octanol–water partition coefficient (Wildman–Crippen LogP) is 4.85. The first kappa shape index (κ1) is 20.5. The van der Waals surface area contributed by atoms with Crippen LogP contribution in [0.25, 0.3) is 22.6 Å². The molecule has 2 aromatic carbocycles. The second kappa shape index (κ2) is 8.65. The van der Waals surface area contributed by atoms with Crippen molar-refractivity contribution in [2.24, 2.45) is 0 Å². The Kier molecular flexibility index (Phi) is 5.55. The number of nitrogens with zero attached hydrogens (tertiary/aromatic N) is 3. The molecule has 1 aliphatic rings. The van der Waals surface area contributed by atoms with E-state index in [1.54, 1.807) is 36.5 Å². The number of halogens is 2. The lowest BCUT2D eigenvalue weighted by atomic mass is 10.1. The molecule has 7 heteroatoms. The molecule has 3 heterocycles. The smallest absolute Gasteiger partial charge is 0.255 e. The van der Waals surface area contributed by atoms with Gasteiger partial charge in [-0.25, -0.2) is 9.37 Å². The van der Waals surface area contributed by atoms with E-state index in [2.05, 4.69) is 14.9 Å². The predicted molar refractivity (Wildman–Crippen MR) is 123 cm³/mol. The molecule has 0 saturated heterocycles. The van der Waals surface area contributed by atoms with Crippen LogP contribution in [0.1, 0.15) is 16.8 Å². The summed E-state index contributed by atoms with van der Waals surface area (Å²) in [4.78, 5) is 27.0. The number of hydrogen-bond acceptors (Lipinski definition) is 4. The van der Waals surface area contributed by atoms with E-state index in [0.717, 1.165) is 23.4 Å². The van der Waals surface area contributed by atoms with Crippen molar-refractivity contribution in [3.05, 3.63) is 105 Å². The highest BCUT2D eigenvalue weighted by Gasteiger charge is 2.22. The average molecular weight is 447 g/mol. The Bertz CT molecular complexity index is 1320. The molecule has 32 heavy (non-hydrogen) atoms. The highest BCUT2D eigenvalue weighted by atomic mass is 35.5. The number of benzene rings is 2. The van der Waals surface area contributed by atoms with E-state index >= 15 is 0 Å². The van der Waals surface area contributed by atoms with Crippen molar-refractivity contribution < 1.29 is 4.39 Å². The van der Waals surface area contributed by atoms with Crippen molar-refractivity contribution in [2.75, 3.05) is 6.54 Å². The van der Waals surface area contributed by atoms with Crippen molar-refractivity contribution in [1.82, 2.24) is 19.9 Å². The van der Waals surface area contributed by atoms with E-state index in [1.807, 2.05) is 24.3 Å². The van der Waals surface area contributed by atoms with Crippen molar-refractivity contribution in [1.29, 1.82) is 0 Å². The monoisotopic (exact) mass is 446 g/mol. The van der Waals surface area contributed by atoms with Crippen molar-refractivity contribution in [3.63, 3.8) is 0 Å². The molecule has 0 atom stereocenters. The maximum atomic E-state index is 14.0. The van der Waals surface area contributed by atoms with Gasteiger partial charge in [-0.2, -0.15) is 0 Å². The van der Waals surface area contributed by atoms with Crippen molar-refractivity contribution >= 4 is 11.6 Å². The van der Waals surface area contributed by atoms with Gasteiger partial charge >= 0.3 is 0 Å². The second-order valence-electron chi connectivity index (χ2n) is 7.84. The van der Waals surface area contributed by atoms with Gasteiger partial charge in [-0.05, 0) is 48.0 Å².